The third-order valence-electron chi connectivity index (χ3n) is 4.65. The molecule has 0 saturated carbocycles. The zero-order chi connectivity index (χ0) is 20.3. The molecule has 0 aliphatic rings. The average Bonchev–Trinajstić information content (AvgIpc) is 3.02. The number of aromatic amines is 1. The Bertz CT molecular complexity index is 966. The monoisotopic (exact) mass is 410 g/mol. The summed E-state index contributed by atoms with van der Waals surface area (Å²) in [6.45, 7) is 2.84. The molecule has 0 atom stereocenters. The van der Waals surface area contributed by atoms with E-state index in [-0.39, 0.29) is 5.52 Å². The van der Waals surface area contributed by atoms with E-state index in [4.69, 9.17) is 22.1 Å². The number of aryl methyl sites for hydroxylation is 1. The number of ether oxygens (including phenoxy) is 1. The predicted octanol–water partition coefficient (Wildman–Crippen LogP) is 6.19. The van der Waals surface area contributed by atoms with Crippen LogP contribution >= 0.6 is 11.6 Å². The van der Waals surface area contributed by atoms with Gasteiger partial charge in [0.05, 0.1) is 28.4 Å². The van der Waals surface area contributed by atoms with Crippen LogP contribution in [0.1, 0.15) is 30.9 Å². The second-order valence-corrected chi connectivity index (χ2v) is 6.90. The zero-order valence-corrected chi connectivity index (χ0v) is 16.3. The normalized spacial score (nSPS) is 11.9. The highest BCUT2D eigenvalue weighted by Crippen LogP contribution is 2.43. The van der Waals surface area contributed by atoms with E-state index in [0.717, 1.165) is 24.5 Å². The second-order valence-electron chi connectivity index (χ2n) is 6.50. The van der Waals surface area contributed by atoms with Crippen LogP contribution in [0.3, 0.4) is 0 Å². The average molecular weight is 411 g/mol. The lowest BCUT2D eigenvalue weighted by Crippen LogP contribution is -2.05. The number of para-hydroxylation sites is 1. The molecule has 0 spiro atoms. The number of benzene rings is 2. The van der Waals surface area contributed by atoms with Crippen LogP contribution in [0.2, 0.25) is 5.02 Å². The number of H-pyrrole nitrogens is 1. The van der Waals surface area contributed by atoms with E-state index < -0.39 is 11.7 Å². The Hall–Kier alpha value is -2.18. The summed E-state index contributed by atoms with van der Waals surface area (Å²) in [6, 6.07) is 9.64. The quantitative estimate of drug-likeness (QED) is 0.456. The SMILES string of the molecule is CCOc1ccccc1-c1[nH]c2c(C(F)(F)F)ccc(Cl)c2c1CCCCN. The second kappa shape index (κ2) is 8.45. The Kier molecular flexibility index (Phi) is 6.20. The molecule has 0 unspecified atom stereocenters. The van der Waals surface area contributed by atoms with E-state index in [9.17, 15) is 13.2 Å². The van der Waals surface area contributed by atoms with Crippen molar-refractivity contribution in [3.63, 3.8) is 0 Å². The summed E-state index contributed by atoms with van der Waals surface area (Å²) < 4.78 is 46.5. The summed E-state index contributed by atoms with van der Waals surface area (Å²) in [4.78, 5) is 3.01. The van der Waals surface area contributed by atoms with Gasteiger partial charge in [0.15, 0.2) is 0 Å². The largest absolute Gasteiger partial charge is 0.493 e. The molecular formula is C21H22ClF3N2O. The highest BCUT2D eigenvalue weighted by atomic mass is 35.5. The van der Waals surface area contributed by atoms with Gasteiger partial charge in [0.2, 0.25) is 0 Å². The van der Waals surface area contributed by atoms with Crippen LogP contribution in [0, 0.1) is 0 Å². The lowest BCUT2D eigenvalue weighted by Gasteiger charge is -2.11. The highest BCUT2D eigenvalue weighted by molar-refractivity contribution is 6.36. The number of aromatic nitrogens is 1. The van der Waals surface area contributed by atoms with Crippen LogP contribution in [0.15, 0.2) is 36.4 Å². The van der Waals surface area contributed by atoms with Crippen molar-refractivity contribution >= 4 is 22.5 Å². The van der Waals surface area contributed by atoms with Crippen LogP contribution in [-0.2, 0) is 12.6 Å². The standard InChI is InChI=1S/C21H22ClF3N2O/c1-2-28-17-9-4-3-7-13(17)19-14(8-5-6-12-26)18-16(22)11-10-15(20(18)27-19)21(23,24)25/h3-4,7,9-11,27H,2,5-6,8,12,26H2,1H3. The van der Waals surface area contributed by atoms with Gasteiger partial charge in [0, 0.05) is 10.9 Å². The van der Waals surface area contributed by atoms with Crippen molar-refractivity contribution in [3.05, 3.63) is 52.5 Å². The lowest BCUT2D eigenvalue weighted by atomic mass is 9.98. The van der Waals surface area contributed by atoms with Gasteiger partial charge in [-0.1, -0.05) is 23.7 Å². The van der Waals surface area contributed by atoms with Crippen LogP contribution in [0.5, 0.6) is 5.75 Å². The molecule has 0 amide bonds. The Morgan fingerprint density at radius 3 is 2.54 bits per heavy atom. The Morgan fingerprint density at radius 2 is 1.86 bits per heavy atom. The van der Waals surface area contributed by atoms with Crippen LogP contribution in [-0.4, -0.2) is 18.1 Å². The summed E-state index contributed by atoms with van der Waals surface area (Å²) in [5.74, 6) is 0.612. The molecule has 0 bridgehead atoms. The van der Waals surface area contributed by atoms with Gasteiger partial charge in [-0.15, -0.1) is 0 Å². The van der Waals surface area contributed by atoms with Gasteiger partial charge in [0.1, 0.15) is 5.75 Å². The Morgan fingerprint density at radius 1 is 1.11 bits per heavy atom. The maximum Gasteiger partial charge on any atom is 0.418 e. The highest BCUT2D eigenvalue weighted by Gasteiger charge is 2.35. The molecule has 3 nitrogen and oxygen atoms in total. The van der Waals surface area contributed by atoms with E-state index >= 15 is 0 Å². The molecule has 0 aliphatic heterocycles. The number of nitrogens with one attached hydrogen (secondary N) is 1. The number of halogens is 4. The van der Waals surface area contributed by atoms with Gasteiger partial charge in [-0.25, -0.2) is 0 Å². The molecule has 2 aromatic carbocycles. The summed E-state index contributed by atoms with van der Waals surface area (Å²) in [5, 5.41) is 0.706. The number of unbranched alkanes of at least 4 members (excludes halogenated alkanes) is 1. The minimum absolute atomic E-state index is 0.00375. The first kappa shape index (κ1) is 20.6. The van der Waals surface area contributed by atoms with E-state index in [1.807, 2.05) is 25.1 Å². The van der Waals surface area contributed by atoms with Crippen molar-refractivity contribution < 1.29 is 17.9 Å². The van der Waals surface area contributed by atoms with Crippen molar-refractivity contribution in [2.75, 3.05) is 13.2 Å². The summed E-state index contributed by atoms with van der Waals surface area (Å²) in [5.41, 5.74) is 6.95. The van der Waals surface area contributed by atoms with Crippen molar-refractivity contribution in [1.82, 2.24) is 4.98 Å². The summed E-state index contributed by atoms with van der Waals surface area (Å²) >= 11 is 6.36. The minimum Gasteiger partial charge on any atom is -0.493 e. The summed E-state index contributed by atoms with van der Waals surface area (Å²) in [6.07, 6.45) is -2.40. The van der Waals surface area contributed by atoms with Crippen molar-refractivity contribution in [1.29, 1.82) is 0 Å². The molecule has 28 heavy (non-hydrogen) atoms. The molecule has 0 radical (unpaired) electrons. The van der Waals surface area contributed by atoms with Crippen molar-refractivity contribution in [2.45, 2.75) is 32.4 Å². The van der Waals surface area contributed by atoms with Gasteiger partial charge in [0.25, 0.3) is 0 Å². The Labute approximate surface area is 166 Å². The first-order chi connectivity index (χ1) is 13.4. The van der Waals surface area contributed by atoms with Gasteiger partial charge < -0.3 is 15.5 Å². The number of hydrogen-bond acceptors (Lipinski definition) is 2. The molecule has 3 N–H and O–H groups in total. The van der Waals surface area contributed by atoms with Gasteiger partial charge in [-0.3, -0.25) is 0 Å². The molecule has 150 valence electrons. The van der Waals surface area contributed by atoms with E-state index in [0.29, 0.717) is 47.0 Å². The van der Waals surface area contributed by atoms with Crippen molar-refractivity contribution in [2.24, 2.45) is 5.73 Å². The zero-order valence-electron chi connectivity index (χ0n) is 15.5. The number of rotatable bonds is 7. The van der Waals surface area contributed by atoms with Gasteiger partial charge in [-0.2, -0.15) is 13.2 Å². The van der Waals surface area contributed by atoms with Gasteiger partial charge in [-0.05, 0) is 62.6 Å². The fourth-order valence-corrected chi connectivity index (χ4v) is 3.72. The Balaban J connectivity index is 2.30. The molecule has 1 heterocycles. The maximum absolute atomic E-state index is 13.6. The first-order valence-corrected chi connectivity index (χ1v) is 9.58. The lowest BCUT2D eigenvalue weighted by molar-refractivity contribution is -0.136. The first-order valence-electron chi connectivity index (χ1n) is 9.21. The number of alkyl halides is 3. The molecule has 1 aromatic heterocycles. The van der Waals surface area contributed by atoms with E-state index in [1.54, 1.807) is 6.07 Å². The van der Waals surface area contributed by atoms with E-state index in [2.05, 4.69) is 4.98 Å². The van der Waals surface area contributed by atoms with Crippen LogP contribution < -0.4 is 10.5 Å². The molecule has 7 heteroatoms. The molecule has 3 rings (SSSR count). The van der Waals surface area contributed by atoms with Crippen molar-refractivity contribution in [3.8, 4) is 17.0 Å². The van der Waals surface area contributed by atoms with Crippen LogP contribution in [0.4, 0.5) is 13.2 Å². The molecule has 0 saturated heterocycles. The van der Waals surface area contributed by atoms with Gasteiger partial charge >= 0.3 is 6.18 Å². The number of hydrogen-bond donors (Lipinski definition) is 2. The third kappa shape index (κ3) is 3.98. The topological polar surface area (TPSA) is 51.0 Å². The third-order valence-corrected chi connectivity index (χ3v) is 4.97. The smallest absolute Gasteiger partial charge is 0.418 e. The maximum atomic E-state index is 13.6. The molecule has 0 aliphatic carbocycles. The fourth-order valence-electron chi connectivity index (χ4n) is 3.44. The number of nitrogens with two attached hydrogens (primary N) is 1. The predicted molar refractivity (Wildman–Crippen MR) is 107 cm³/mol. The van der Waals surface area contributed by atoms with Crippen LogP contribution in [0.25, 0.3) is 22.2 Å². The minimum atomic E-state index is -4.49. The fraction of sp³-hybridized carbons (Fsp3) is 0.333. The van der Waals surface area contributed by atoms with E-state index in [1.165, 1.54) is 6.07 Å². The molecule has 3 aromatic rings. The molecular weight excluding hydrogens is 389 g/mol. The molecule has 0 fully saturated rings. The number of fused-ring (bicyclic) bond motifs is 1. The summed E-state index contributed by atoms with van der Waals surface area (Å²) in [7, 11) is 0.